The maximum absolute atomic E-state index is 11.1. The van der Waals surface area contributed by atoms with Crippen LogP contribution < -0.4 is 20.9 Å². The summed E-state index contributed by atoms with van der Waals surface area (Å²) in [6.45, 7) is 3.01. The number of primary amides is 1. The maximum atomic E-state index is 11.1. The molecule has 1 heterocycles. The zero-order valence-corrected chi connectivity index (χ0v) is 12.4. The van der Waals surface area contributed by atoms with Gasteiger partial charge in [-0.05, 0) is 31.5 Å². The fourth-order valence-electron chi connectivity index (χ4n) is 1.74. The number of carbonyl (C=O) groups is 1. The predicted octanol–water partition coefficient (Wildman–Crippen LogP) is 1.53. The van der Waals surface area contributed by atoms with E-state index in [9.17, 15) is 4.79 Å². The van der Waals surface area contributed by atoms with Crippen molar-refractivity contribution in [1.29, 1.82) is 0 Å². The zero-order chi connectivity index (χ0) is 14.6. The molecule has 1 aliphatic heterocycles. The smallest absolute Gasteiger partial charge is 0.237 e. The molecule has 5 nitrogen and oxygen atoms in total. The molecule has 0 aromatic heterocycles. The maximum Gasteiger partial charge on any atom is 0.237 e. The minimum Gasteiger partial charge on any atom is -0.490 e. The molecule has 0 fully saturated rings. The molecule has 0 bridgehead atoms. The van der Waals surface area contributed by atoms with Crippen molar-refractivity contribution in [3.8, 4) is 11.5 Å². The third-order valence-electron chi connectivity index (χ3n) is 3.17. The second kappa shape index (κ2) is 6.37. The van der Waals surface area contributed by atoms with Gasteiger partial charge in [0.25, 0.3) is 0 Å². The highest BCUT2D eigenvalue weighted by atomic mass is 32.2. The van der Waals surface area contributed by atoms with Gasteiger partial charge < -0.3 is 20.9 Å². The lowest BCUT2D eigenvalue weighted by molar-refractivity contribution is -0.122. The summed E-state index contributed by atoms with van der Waals surface area (Å²) < 4.78 is 11.2. The summed E-state index contributed by atoms with van der Waals surface area (Å²) in [5.41, 5.74) is 10.1. The molecule has 1 aromatic rings. The number of hydrogen-bond donors (Lipinski definition) is 2. The Labute approximate surface area is 123 Å². The van der Waals surface area contributed by atoms with E-state index < -0.39 is 11.4 Å². The van der Waals surface area contributed by atoms with Crippen molar-refractivity contribution in [2.75, 3.05) is 19.0 Å². The van der Waals surface area contributed by atoms with Crippen molar-refractivity contribution >= 4 is 17.7 Å². The summed E-state index contributed by atoms with van der Waals surface area (Å²) in [4.78, 5) is 12.2. The van der Waals surface area contributed by atoms with Crippen LogP contribution in [0.1, 0.15) is 19.8 Å². The van der Waals surface area contributed by atoms with E-state index in [4.69, 9.17) is 20.9 Å². The molecule has 0 spiro atoms. The third kappa shape index (κ3) is 3.80. The topological polar surface area (TPSA) is 87.6 Å². The van der Waals surface area contributed by atoms with E-state index in [0.717, 1.165) is 28.6 Å². The first-order chi connectivity index (χ1) is 9.49. The van der Waals surface area contributed by atoms with E-state index in [2.05, 4.69) is 0 Å². The van der Waals surface area contributed by atoms with E-state index in [-0.39, 0.29) is 0 Å². The monoisotopic (exact) mass is 296 g/mol. The number of carbonyl (C=O) groups excluding carboxylic acids is 1. The lowest BCUT2D eigenvalue weighted by atomic mass is 10.0. The second-order valence-corrected chi connectivity index (χ2v) is 6.21. The highest BCUT2D eigenvalue weighted by Gasteiger charge is 2.24. The Kier molecular flexibility index (Phi) is 4.77. The van der Waals surface area contributed by atoms with Gasteiger partial charge >= 0.3 is 0 Å². The number of rotatable bonds is 5. The standard InChI is InChI=1S/C14H20N2O3S/c1-14(16,13(15)17)5-8-20-10-3-4-11-12(9-10)19-7-2-6-18-11/h3-4,9H,2,5-8,16H2,1H3,(H2,15,17). The number of benzene rings is 1. The van der Waals surface area contributed by atoms with Crippen molar-refractivity contribution in [1.82, 2.24) is 0 Å². The van der Waals surface area contributed by atoms with Crippen LogP contribution >= 0.6 is 11.8 Å². The van der Waals surface area contributed by atoms with Gasteiger partial charge in [0, 0.05) is 17.1 Å². The van der Waals surface area contributed by atoms with Gasteiger partial charge in [-0.25, -0.2) is 0 Å². The number of hydrogen-bond acceptors (Lipinski definition) is 5. The van der Waals surface area contributed by atoms with Crippen molar-refractivity contribution in [2.45, 2.75) is 30.2 Å². The largest absolute Gasteiger partial charge is 0.490 e. The first-order valence-corrected chi connectivity index (χ1v) is 7.59. The van der Waals surface area contributed by atoms with Crippen LogP contribution in [0.3, 0.4) is 0 Å². The molecule has 1 amide bonds. The molecule has 1 aliphatic rings. The van der Waals surface area contributed by atoms with E-state index in [1.165, 1.54) is 0 Å². The Morgan fingerprint density at radius 3 is 2.75 bits per heavy atom. The van der Waals surface area contributed by atoms with Gasteiger partial charge in [0.1, 0.15) is 0 Å². The Bertz CT molecular complexity index is 491. The molecule has 1 unspecified atom stereocenters. The van der Waals surface area contributed by atoms with E-state index in [1.54, 1.807) is 18.7 Å². The number of amides is 1. The molecule has 20 heavy (non-hydrogen) atoms. The van der Waals surface area contributed by atoms with E-state index in [1.807, 2.05) is 18.2 Å². The molecular weight excluding hydrogens is 276 g/mol. The van der Waals surface area contributed by atoms with Crippen LogP contribution in [-0.2, 0) is 4.79 Å². The van der Waals surface area contributed by atoms with Crippen molar-refractivity contribution in [2.24, 2.45) is 11.5 Å². The van der Waals surface area contributed by atoms with Crippen molar-refractivity contribution in [3.05, 3.63) is 18.2 Å². The first kappa shape index (κ1) is 15.0. The van der Waals surface area contributed by atoms with Gasteiger partial charge in [-0.2, -0.15) is 0 Å². The van der Waals surface area contributed by atoms with Gasteiger partial charge in [0.15, 0.2) is 11.5 Å². The average Bonchev–Trinajstić information content (AvgIpc) is 2.63. The molecule has 1 aromatic carbocycles. The normalized spacial score (nSPS) is 17.1. The Morgan fingerprint density at radius 2 is 2.05 bits per heavy atom. The van der Waals surface area contributed by atoms with E-state index >= 15 is 0 Å². The Morgan fingerprint density at radius 1 is 1.35 bits per heavy atom. The highest BCUT2D eigenvalue weighted by Crippen LogP contribution is 2.34. The minimum atomic E-state index is -0.960. The van der Waals surface area contributed by atoms with Gasteiger partial charge in [-0.15, -0.1) is 11.8 Å². The SMILES string of the molecule is CC(N)(CCSc1ccc2c(c1)OCCCO2)C(N)=O. The molecule has 0 aliphatic carbocycles. The summed E-state index contributed by atoms with van der Waals surface area (Å²) >= 11 is 1.62. The van der Waals surface area contributed by atoms with Crippen LogP contribution in [0.25, 0.3) is 0 Å². The fraction of sp³-hybridized carbons (Fsp3) is 0.500. The molecule has 0 radical (unpaired) electrons. The minimum absolute atomic E-state index is 0.475. The number of thioether (sulfide) groups is 1. The lowest BCUT2D eigenvalue weighted by Crippen LogP contribution is -2.49. The Hall–Kier alpha value is -1.40. The molecule has 1 atom stereocenters. The summed E-state index contributed by atoms with van der Waals surface area (Å²) in [5.74, 6) is 1.80. The van der Waals surface area contributed by atoms with Gasteiger partial charge in [-0.1, -0.05) is 0 Å². The second-order valence-electron chi connectivity index (χ2n) is 5.04. The summed E-state index contributed by atoms with van der Waals surface area (Å²) in [7, 11) is 0. The Balaban J connectivity index is 1.94. The molecule has 0 saturated heterocycles. The molecule has 4 N–H and O–H groups in total. The summed E-state index contributed by atoms with van der Waals surface area (Å²) in [6, 6.07) is 5.86. The van der Waals surface area contributed by atoms with Crippen LogP contribution in [0.5, 0.6) is 11.5 Å². The van der Waals surface area contributed by atoms with Gasteiger partial charge in [0.2, 0.25) is 5.91 Å². The quantitative estimate of drug-likeness (QED) is 0.805. The first-order valence-electron chi connectivity index (χ1n) is 6.60. The fourth-order valence-corrected chi connectivity index (χ4v) is 2.85. The van der Waals surface area contributed by atoms with Crippen LogP contribution in [0, 0.1) is 0 Å². The highest BCUT2D eigenvalue weighted by molar-refractivity contribution is 7.99. The predicted molar refractivity (Wildman–Crippen MR) is 79.2 cm³/mol. The molecule has 110 valence electrons. The van der Waals surface area contributed by atoms with Crippen LogP contribution in [-0.4, -0.2) is 30.4 Å². The molecular formula is C14H20N2O3S. The summed E-state index contributed by atoms with van der Waals surface area (Å²) in [5, 5.41) is 0. The van der Waals surface area contributed by atoms with Gasteiger partial charge in [-0.3, -0.25) is 4.79 Å². The van der Waals surface area contributed by atoms with Crippen molar-refractivity contribution < 1.29 is 14.3 Å². The van der Waals surface area contributed by atoms with Crippen LogP contribution in [0.2, 0.25) is 0 Å². The van der Waals surface area contributed by atoms with Crippen molar-refractivity contribution in [3.63, 3.8) is 0 Å². The molecule has 2 rings (SSSR count). The zero-order valence-electron chi connectivity index (χ0n) is 11.6. The van der Waals surface area contributed by atoms with Gasteiger partial charge in [0.05, 0.1) is 18.8 Å². The number of ether oxygens (including phenoxy) is 2. The van der Waals surface area contributed by atoms with Crippen LogP contribution in [0.4, 0.5) is 0 Å². The van der Waals surface area contributed by atoms with Crippen LogP contribution in [0.15, 0.2) is 23.1 Å². The van der Waals surface area contributed by atoms with E-state index in [0.29, 0.717) is 19.6 Å². The summed E-state index contributed by atoms with van der Waals surface area (Å²) in [6.07, 6.45) is 1.42. The number of nitrogens with two attached hydrogens (primary N) is 2. The molecule has 0 saturated carbocycles. The average molecular weight is 296 g/mol. The number of fused-ring (bicyclic) bond motifs is 1. The third-order valence-corrected chi connectivity index (χ3v) is 4.17. The lowest BCUT2D eigenvalue weighted by Gasteiger charge is -2.19. The molecule has 6 heteroatoms.